The Morgan fingerprint density at radius 3 is 2.55 bits per heavy atom. The summed E-state index contributed by atoms with van der Waals surface area (Å²) in [5.74, 6) is 2.43. The van der Waals surface area contributed by atoms with Crippen molar-refractivity contribution in [2.45, 2.75) is 33.9 Å². The highest BCUT2D eigenvalue weighted by Crippen LogP contribution is 2.10. The van der Waals surface area contributed by atoms with Gasteiger partial charge in [0, 0.05) is 6.54 Å². The Balaban J connectivity index is 1.96. The number of hydrogen-bond acceptors (Lipinski definition) is 4. The number of benzene rings is 1. The van der Waals surface area contributed by atoms with Gasteiger partial charge in [0.2, 0.25) is 5.89 Å². The molecule has 1 aromatic carbocycles. The number of oxazole rings is 1. The molecule has 1 aromatic heterocycles. The molecule has 0 aliphatic rings. The molecule has 0 fully saturated rings. The van der Waals surface area contributed by atoms with E-state index in [9.17, 15) is 5.11 Å². The molecule has 0 amide bonds. The Morgan fingerprint density at radius 1 is 1.23 bits per heavy atom. The molecule has 0 radical (unpaired) electrons. The van der Waals surface area contributed by atoms with Gasteiger partial charge in [0.15, 0.2) is 5.96 Å². The van der Waals surface area contributed by atoms with Crippen molar-refractivity contribution in [2.24, 2.45) is 4.99 Å². The minimum Gasteiger partial charge on any atom is -0.508 e. The summed E-state index contributed by atoms with van der Waals surface area (Å²) in [7, 11) is 0. The highest BCUT2D eigenvalue weighted by Gasteiger charge is 2.06. The maximum atomic E-state index is 9.28. The van der Waals surface area contributed by atoms with Gasteiger partial charge in [0.1, 0.15) is 11.5 Å². The molecule has 0 aliphatic heterocycles. The Labute approximate surface area is 130 Å². The summed E-state index contributed by atoms with van der Waals surface area (Å²) in [6.45, 7) is 7.61. The first-order chi connectivity index (χ1) is 10.6. The predicted molar refractivity (Wildman–Crippen MR) is 85.7 cm³/mol. The summed E-state index contributed by atoms with van der Waals surface area (Å²) >= 11 is 0. The first-order valence-electron chi connectivity index (χ1n) is 7.31. The maximum Gasteiger partial charge on any atom is 0.214 e. The summed E-state index contributed by atoms with van der Waals surface area (Å²) in [5.41, 5.74) is 1.93. The first-order valence-corrected chi connectivity index (χ1v) is 7.31. The molecule has 0 saturated heterocycles. The van der Waals surface area contributed by atoms with Crippen molar-refractivity contribution >= 4 is 5.96 Å². The quantitative estimate of drug-likeness (QED) is 0.583. The molecule has 3 N–H and O–H groups in total. The van der Waals surface area contributed by atoms with E-state index in [1.54, 1.807) is 12.1 Å². The summed E-state index contributed by atoms with van der Waals surface area (Å²) < 4.78 is 5.53. The molecule has 0 saturated carbocycles. The van der Waals surface area contributed by atoms with E-state index in [1.807, 2.05) is 32.9 Å². The molecule has 0 bridgehead atoms. The lowest BCUT2D eigenvalue weighted by Crippen LogP contribution is -2.36. The smallest absolute Gasteiger partial charge is 0.214 e. The summed E-state index contributed by atoms with van der Waals surface area (Å²) in [4.78, 5) is 8.83. The van der Waals surface area contributed by atoms with Crippen molar-refractivity contribution in [3.05, 3.63) is 47.2 Å². The van der Waals surface area contributed by atoms with Crippen LogP contribution in [0, 0.1) is 13.8 Å². The van der Waals surface area contributed by atoms with E-state index in [2.05, 4.69) is 20.6 Å². The predicted octanol–water partition coefficient (Wildman–Crippen LogP) is 2.25. The van der Waals surface area contributed by atoms with Crippen LogP contribution in [0.5, 0.6) is 5.75 Å². The van der Waals surface area contributed by atoms with Crippen molar-refractivity contribution in [3.8, 4) is 5.75 Å². The molecule has 118 valence electrons. The third kappa shape index (κ3) is 4.51. The van der Waals surface area contributed by atoms with Crippen LogP contribution < -0.4 is 10.6 Å². The van der Waals surface area contributed by atoms with Gasteiger partial charge >= 0.3 is 0 Å². The van der Waals surface area contributed by atoms with Crippen LogP contribution in [0.15, 0.2) is 33.7 Å². The van der Waals surface area contributed by atoms with Gasteiger partial charge in [-0.1, -0.05) is 12.1 Å². The molecule has 22 heavy (non-hydrogen) atoms. The van der Waals surface area contributed by atoms with Gasteiger partial charge in [0.25, 0.3) is 0 Å². The van der Waals surface area contributed by atoms with Crippen LogP contribution in [-0.4, -0.2) is 22.6 Å². The Hall–Kier alpha value is -2.50. The van der Waals surface area contributed by atoms with Crippen molar-refractivity contribution in [1.82, 2.24) is 15.6 Å². The Kier molecular flexibility index (Phi) is 5.41. The zero-order valence-electron chi connectivity index (χ0n) is 13.2. The zero-order chi connectivity index (χ0) is 15.9. The lowest BCUT2D eigenvalue weighted by atomic mass is 10.2. The fraction of sp³-hybridized carbons (Fsp3) is 0.375. The molecule has 0 aliphatic carbocycles. The molecule has 1 heterocycles. The monoisotopic (exact) mass is 302 g/mol. The van der Waals surface area contributed by atoms with E-state index in [0.29, 0.717) is 24.9 Å². The van der Waals surface area contributed by atoms with E-state index in [1.165, 1.54) is 0 Å². The third-order valence-corrected chi connectivity index (χ3v) is 3.18. The summed E-state index contributed by atoms with van der Waals surface area (Å²) in [6.07, 6.45) is 0. The second kappa shape index (κ2) is 7.49. The normalized spacial score (nSPS) is 11.5. The largest absolute Gasteiger partial charge is 0.508 e. The van der Waals surface area contributed by atoms with Gasteiger partial charge in [0.05, 0.1) is 18.8 Å². The topological polar surface area (TPSA) is 82.7 Å². The molecular weight excluding hydrogens is 280 g/mol. The van der Waals surface area contributed by atoms with E-state index >= 15 is 0 Å². The standard InChI is InChI=1S/C16H22N4O2/c1-4-17-16(18-9-13-5-7-14(21)8-6-13)19-10-15-20-11(2)12(3)22-15/h5-8,21H,4,9-10H2,1-3H3,(H2,17,18,19). The molecule has 0 atom stereocenters. The fourth-order valence-corrected chi connectivity index (χ4v) is 1.89. The Morgan fingerprint density at radius 2 is 1.95 bits per heavy atom. The second-order valence-electron chi connectivity index (χ2n) is 4.96. The van der Waals surface area contributed by atoms with Crippen molar-refractivity contribution < 1.29 is 9.52 Å². The number of hydrogen-bond donors (Lipinski definition) is 3. The summed E-state index contributed by atoms with van der Waals surface area (Å²) in [5, 5.41) is 15.6. The molecule has 2 rings (SSSR count). The lowest BCUT2D eigenvalue weighted by molar-refractivity contribution is 0.463. The van der Waals surface area contributed by atoms with E-state index in [-0.39, 0.29) is 5.75 Å². The number of aryl methyl sites for hydroxylation is 2. The van der Waals surface area contributed by atoms with E-state index < -0.39 is 0 Å². The van der Waals surface area contributed by atoms with Gasteiger partial charge in [-0.2, -0.15) is 0 Å². The number of nitrogens with one attached hydrogen (secondary N) is 2. The number of phenolic OH excluding ortho intramolecular Hbond substituents is 1. The highest BCUT2D eigenvalue weighted by atomic mass is 16.4. The molecular formula is C16H22N4O2. The van der Waals surface area contributed by atoms with Crippen molar-refractivity contribution in [2.75, 3.05) is 6.54 Å². The van der Waals surface area contributed by atoms with Crippen molar-refractivity contribution in [1.29, 1.82) is 0 Å². The number of phenols is 1. The second-order valence-corrected chi connectivity index (χ2v) is 4.96. The molecule has 2 aromatic rings. The van der Waals surface area contributed by atoms with Gasteiger partial charge in [-0.25, -0.2) is 9.98 Å². The summed E-state index contributed by atoms with van der Waals surface area (Å²) in [6, 6.07) is 7.01. The van der Waals surface area contributed by atoms with Gasteiger partial charge < -0.3 is 20.2 Å². The number of guanidine groups is 1. The number of aromatic nitrogens is 1. The van der Waals surface area contributed by atoms with Gasteiger partial charge in [-0.3, -0.25) is 0 Å². The first kappa shape index (κ1) is 15.9. The average Bonchev–Trinajstić information content (AvgIpc) is 2.82. The zero-order valence-corrected chi connectivity index (χ0v) is 13.2. The van der Waals surface area contributed by atoms with Gasteiger partial charge in [-0.05, 0) is 38.5 Å². The minimum absolute atomic E-state index is 0.257. The number of nitrogens with zero attached hydrogens (tertiary/aromatic N) is 2. The number of rotatable bonds is 5. The maximum absolute atomic E-state index is 9.28. The van der Waals surface area contributed by atoms with Crippen LogP contribution in [0.25, 0.3) is 0 Å². The average molecular weight is 302 g/mol. The van der Waals surface area contributed by atoms with Crippen LogP contribution in [-0.2, 0) is 13.1 Å². The molecule has 0 unspecified atom stereocenters. The van der Waals surface area contributed by atoms with Crippen LogP contribution in [0.3, 0.4) is 0 Å². The minimum atomic E-state index is 0.257. The number of aliphatic imine (C=N–C) groups is 1. The SMILES string of the molecule is CCNC(=NCc1ccc(O)cc1)NCc1nc(C)c(C)o1. The van der Waals surface area contributed by atoms with Crippen LogP contribution in [0.1, 0.15) is 29.8 Å². The number of aromatic hydroxyl groups is 1. The molecule has 6 nitrogen and oxygen atoms in total. The third-order valence-electron chi connectivity index (χ3n) is 3.18. The van der Waals surface area contributed by atoms with Gasteiger partial charge in [-0.15, -0.1) is 0 Å². The van der Waals surface area contributed by atoms with Crippen molar-refractivity contribution in [3.63, 3.8) is 0 Å². The van der Waals surface area contributed by atoms with Crippen LogP contribution in [0.4, 0.5) is 0 Å². The fourth-order valence-electron chi connectivity index (χ4n) is 1.89. The van der Waals surface area contributed by atoms with E-state index in [4.69, 9.17) is 4.42 Å². The molecule has 6 heteroatoms. The van der Waals surface area contributed by atoms with Crippen LogP contribution >= 0.6 is 0 Å². The van der Waals surface area contributed by atoms with E-state index in [0.717, 1.165) is 23.6 Å². The highest BCUT2D eigenvalue weighted by molar-refractivity contribution is 5.79. The lowest BCUT2D eigenvalue weighted by Gasteiger charge is -2.09. The van der Waals surface area contributed by atoms with Crippen LogP contribution in [0.2, 0.25) is 0 Å². The Bertz CT molecular complexity index is 613. The molecule has 0 spiro atoms.